The van der Waals surface area contributed by atoms with Gasteiger partial charge in [0.15, 0.2) is 5.82 Å². The predicted molar refractivity (Wildman–Crippen MR) is 98.4 cm³/mol. The van der Waals surface area contributed by atoms with Crippen molar-refractivity contribution in [3.8, 4) is 0 Å². The number of carbonyl (C=O) groups is 1. The summed E-state index contributed by atoms with van der Waals surface area (Å²) in [5.74, 6) is 1.81. The molecule has 1 saturated heterocycles. The molecule has 2 aromatic rings. The van der Waals surface area contributed by atoms with E-state index >= 15 is 0 Å². The third kappa shape index (κ3) is 3.20. The first-order valence-electron chi connectivity index (χ1n) is 9.54. The monoisotopic (exact) mass is 369 g/mol. The SMILES string of the molecule is Cc1cc(C(=O)N2CCCC2c2nnc3n2CCCCC3)ccc1[N+](=O)[O-]. The van der Waals surface area contributed by atoms with Crippen LogP contribution in [-0.2, 0) is 13.0 Å². The topological polar surface area (TPSA) is 94.2 Å². The van der Waals surface area contributed by atoms with Crippen molar-refractivity contribution in [2.75, 3.05) is 6.54 Å². The highest BCUT2D eigenvalue weighted by Crippen LogP contribution is 2.34. The molecule has 1 aromatic carbocycles. The van der Waals surface area contributed by atoms with E-state index in [1.807, 2.05) is 4.90 Å². The maximum Gasteiger partial charge on any atom is 0.272 e. The standard InChI is InChI=1S/C19H23N5O3/c1-13-12-14(8-9-15(13)24(26)27)19(25)22-11-5-6-16(22)18-21-20-17-7-3-2-4-10-23(17)18/h8-9,12,16H,2-7,10-11H2,1H3. The van der Waals surface area contributed by atoms with Crippen molar-refractivity contribution in [2.24, 2.45) is 0 Å². The number of aryl methyl sites for hydroxylation is 2. The molecule has 1 fully saturated rings. The zero-order chi connectivity index (χ0) is 19.0. The molecule has 0 saturated carbocycles. The molecule has 3 heterocycles. The number of benzene rings is 1. The van der Waals surface area contributed by atoms with E-state index in [0.29, 0.717) is 17.7 Å². The van der Waals surface area contributed by atoms with Crippen LogP contribution in [0.25, 0.3) is 0 Å². The average Bonchev–Trinajstić information content (AvgIpc) is 3.21. The zero-order valence-electron chi connectivity index (χ0n) is 15.4. The molecule has 0 aliphatic carbocycles. The zero-order valence-corrected chi connectivity index (χ0v) is 15.4. The lowest BCUT2D eigenvalue weighted by Gasteiger charge is -2.25. The van der Waals surface area contributed by atoms with E-state index in [0.717, 1.165) is 50.3 Å². The molecule has 4 rings (SSSR count). The van der Waals surface area contributed by atoms with Crippen LogP contribution in [0.4, 0.5) is 5.69 Å². The first-order chi connectivity index (χ1) is 13.1. The second-order valence-electron chi connectivity index (χ2n) is 7.35. The summed E-state index contributed by atoms with van der Waals surface area (Å²) in [6, 6.07) is 4.50. The van der Waals surface area contributed by atoms with Gasteiger partial charge in [-0.05, 0) is 44.7 Å². The van der Waals surface area contributed by atoms with E-state index in [2.05, 4.69) is 14.8 Å². The number of amides is 1. The minimum atomic E-state index is -0.423. The van der Waals surface area contributed by atoms with E-state index in [1.165, 1.54) is 12.5 Å². The first-order valence-corrected chi connectivity index (χ1v) is 9.54. The molecule has 2 aliphatic heterocycles. The number of rotatable bonds is 3. The Labute approximate surface area is 157 Å². The fourth-order valence-electron chi connectivity index (χ4n) is 4.19. The number of hydrogen-bond donors (Lipinski definition) is 0. The van der Waals surface area contributed by atoms with Gasteiger partial charge in [-0.1, -0.05) is 6.42 Å². The van der Waals surface area contributed by atoms with Gasteiger partial charge in [-0.25, -0.2) is 0 Å². The summed E-state index contributed by atoms with van der Waals surface area (Å²) in [5, 5.41) is 19.8. The van der Waals surface area contributed by atoms with Gasteiger partial charge in [0.2, 0.25) is 0 Å². The van der Waals surface area contributed by atoms with Crippen LogP contribution in [0.1, 0.15) is 65.7 Å². The molecule has 8 nitrogen and oxygen atoms in total. The number of aromatic nitrogens is 3. The van der Waals surface area contributed by atoms with Crippen molar-refractivity contribution >= 4 is 11.6 Å². The highest BCUT2D eigenvalue weighted by atomic mass is 16.6. The predicted octanol–water partition coefficient (Wildman–Crippen LogP) is 3.20. The van der Waals surface area contributed by atoms with Gasteiger partial charge >= 0.3 is 0 Å². The Morgan fingerprint density at radius 3 is 2.81 bits per heavy atom. The molecule has 1 unspecified atom stereocenters. The quantitative estimate of drug-likeness (QED) is 0.612. The number of nitro benzene ring substituents is 1. The van der Waals surface area contributed by atoms with Gasteiger partial charge in [-0.2, -0.15) is 0 Å². The van der Waals surface area contributed by atoms with Crippen LogP contribution in [0.2, 0.25) is 0 Å². The van der Waals surface area contributed by atoms with E-state index in [-0.39, 0.29) is 17.6 Å². The summed E-state index contributed by atoms with van der Waals surface area (Å²) < 4.78 is 2.20. The first kappa shape index (κ1) is 17.6. The molecule has 8 heteroatoms. The van der Waals surface area contributed by atoms with Crippen molar-refractivity contribution in [2.45, 2.75) is 58.0 Å². The number of hydrogen-bond acceptors (Lipinski definition) is 5. The minimum absolute atomic E-state index is 0.0345. The summed E-state index contributed by atoms with van der Waals surface area (Å²) in [6.07, 6.45) is 6.17. The van der Waals surface area contributed by atoms with E-state index in [4.69, 9.17) is 0 Å². The maximum atomic E-state index is 13.1. The molecule has 0 bridgehead atoms. The fraction of sp³-hybridized carbons (Fsp3) is 0.526. The van der Waals surface area contributed by atoms with Crippen LogP contribution in [0.3, 0.4) is 0 Å². The highest BCUT2D eigenvalue weighted by molar-refractivity contribution is 5.95. The number of nitrogens with zero attached hydrogens (tertiary/aromatic N) is 5. The van der Waals surface area contributed by atoms with Crippen LogP contribution in [0, 0.1) is 17.0 Å². The van der Waals surface area contributed by atoms with Crippen LogP contribution in [-0.4, -0.2) is 37.0 Å². The van der Waals surface area contributed by atoms with Gasteiger partial charge in [0.25, 0.3) is 11.6 Å². The average molecular weight is 369 g/mol. The molecule has 1 aromatic heterocycles. The van der Waals surface area contributed by atoms with Gasteiger partial charge in [-0.3, -0.25) is 14.9 Å². The molecular weight excluding hydrogens is 346 g/mol. The van der Waals surface area contributed by atoms with Gasteiger partial charge in [0.05, 0.1) is 11.0 Å². The van der Waals surface area contributed by atoms with Crippen molar-refractivity contribution < 1.29 is 9.72 Å². The molecule has 0 radical (unpaired) electrons. The Morgan fingerprint density at radius 1 is 1.19 bits per heavy atom. The Morgan fingerprint density at radius 2 is 2.04 bits per heavy atom. The van der Waals surface area contributed by atoms with Crippen LogP contribution < -0.4 is 0 Å². The van der Waals surface area contributed by atoms with Gasteiger partial charge in [0, 0.05) is 36.7 Å². The summed E-state index contributed by atoms with van der Waals surface area (Å²) in [6.45, 7) is 3.24. The summed E-state index contributed by atoms with van der Waals surface area (Å²) in [5.41, 5.74) is 1.02. The normalized spacial score (nSPS) is 19.6. The molecule has 0 N–H and O–H groups in total. The third-order valence-corrected chi connectivity index (χ3v) is 5.59. The number of nitro groups is 1. The van der Waals surface area contributed by atoms with E-state index in [1.54, 1.807) is 19.1 Å². The Kier molecular flexibility index (Phi) is 4.63. The van der Waals surface area contributed by atoms with E-state index in [9.17, 15) is 14.9 Å². The van der Waals surface area contributed by atoms with Crippen molar-refractivity contribution in [1.29, 1.82) is 0 Å². The summed E-state index contributed by atoms with van der Waals surface area (Å²) in [7, 11) is 0. The van der Waals surface area contributed by atoms with Crippen molar-refractivity contribution in [3.63, 3.8) is 0 Å². The van der Waals surface area contributed by atoms with Crippen molar-refractivity contribution in [3.05, 3.63) is 51.1 Å². The second-order valence-corrected chi connectivity index (χ2v) is 7.35. The van der Waals surface area contributed by atoms with Crippen LogP contribution in [0.15, 0.2) is 18.2 Å². The largest absolute Gasteiger partial charge is 0.328 e. The number of likely N-dealkylation sites (tertiary alicyclic amines) is 1. The summed E-state index contributed by atoms with van der Waals surface area (Å²) >= 11 is 0. The van der Waals surface area contributed by atoms with Gasteiger partial charge < -0.3 is 9.47 Å². The molecule has 27 heavy (non-hydrogen) atoms. The fourth-order valence-corrected chi connectivity index (χ4v) is 4.19. The molecular formula is C19H23N5O3. The molecule has 0 spiro atoms. The van der Waals surface area contributed by atoms with Crippen LogP contribution in [0.5, 0.6) is 0 Å². The smallest absolute Gasteiger partial charge is 0.272 e. The van der Waals surface area contributed by atoms with Gasteiger partial charge in [0.1, 0.15) is 5.82 Å². The lowest BCUT2D eigenvalue weighted by molar-refractivity contribution is -0.385. The summed E-state index contributed by atoms with van der Waals surface area (Å²) in [4.78, 5) is 25.6. The second kappa shape index (κ2) is 7.09. The van der Waals surface area contributed by atoms with Gasteiger partial charge in [-0.15, -0.1) is 10.2 Å². The highest BCUT2D eigenvalue weighted by Gasteiger charge is 2.35. The lowest BCUT2D eigenvalue weighted by Crippen LogP contribution is -2.32. The Balaban J connectivity index is 1.62. The number of fused-ring (bicyclic) bond motifs is 1. The molecule has 2 aliphatic rings. The molecule has 1 atom stereocenters. The maximum absolute atomic E-state index is 13.1. The van der Waals surface area contributed by atoms with E-state index < -0.39 is 4.92 Å². The lowest BCUT2D eigenvalue weighted by atomic mass is 10.1. The third-order valence-electron chi connectivity index (χ3n) is 5.59. The number of carbonyl (C=O) groups excluding carboxylic acids is 1. The molecule has 142 valence electrons. The Bertz CT molecular complexity index is 891. The Hall–Kier alpha value is -2.77. The van der Waals surface area contributed by atoms with Crippen LogP contribution >= 0.6 is 0 Å². The minimum Gasteiger partial charge on any atom is -0.328 e. The van der Waals surface area contributed by atoms with Crippen molar-refractivity contribution in [1.82, 2.24) is 19.7 Å². The molecule has 1 amide bonds.